The van der Waals surface area contributed by atoms with Crippen LogP contribution < -0.4 is 5.32 Å². The zero-order valence-electron chi connectivity index (χ0n) is 13.7. The van der Waals surface area contributed by atoms with Crippen molar-refractivity contribution in [2.45, 2.75) is 18.6 Å². The van der Waals surface area contributed by atoms with Crippen LogP contribution in [-0.2, 0) is 11.2 Å². The Bertz CT molecular complexity index is 862. The molecular weight excluding hydrogens is 400 g/mol. The van der Waals surface area contributed by atoms with Gasteiger partial charge in [0, 0.05) is 15.7 Å². The van der Waals surface area contributed by atoms with Crippen LogP contribution in [0.1, 0.15) is 12.5 Å². The monoisotopic (exact) mass is 416 g/mol. The summed E-state index contributed by atoms with van der Waals surface area (Å²) in [6, 6.07) is 15.7. The van der Waals surface area contributed by atoms with E-state index in [0.29, 0.717) is 11.0 Å². The van der Waals surface area contributed by atoms with Crippen molar-refractivity contribution >= 4 is 39.3 Å². The van der Waals surface area contributed by atoms with Gasteiger partial charge in [-0.1, -0.05) is 58.9 Å². The molecule has 0 saturated heterocycles. The van der Waals surface area contributed by atoms with Crippen LogP contribution in [0, 0.1) is 0 Å². The Kier molecular flexibility index (Phi) is 5.94. The minimum absolute atomic E-state index is 0.0866. The van der Waals surface area contributed by atoms with E-state index in [2.05, 4.69) is 33.2 Å². The highest BCUT2D eigenvalue weighted by molar-refractivity contribution is 9.10. The van der Waals surface area contributed by atoms with Gasteiger partial charge < -0.3 is 9.73 Å². The van der Waals surface area contributed by atoms with Gasteiger partial charge in [-0.15, -0.1) is 0 Å². The van der Waals surface area contributed by atoms with Gasteiger partial charge in [0.05, 0.1) is 11.9 Å². The Morgan fingerprint density at radius 2 is 2.04 bits per heavy atom. The van der Waals surface area contributed by atoms with Crippen molar-refractivity contribution in [1.82, 2.24) is 4.98 Å². The molecule has 1 amide bonds. The quantitative estimate of drug-likeness (QED) is 0.546. The van der Waals surface area contributed by atoms with Gasteiger partial charge in [0.25, 0.3) is 5.22 Å². The molecule has 1 N–H and O–H groups in total. The van der Waals surface area contributed by atoms with Gasteiger partial charge in [0.1, 0.15) is 0 Å². The molecule has 0 aliphatic heterocycles. The Hall–Kier alpha value is -2.05. The molecule has 0 saturated carbocycles. The molecule has 0 aliphatic rings. The molecule has 0 radical (unpaired) electrons. The van der Waals surface area contributed by atoms with Gasteiger partial charge in [0.15, 0.2) is 5.76 Å². The molecule has 1 aromatic heterocycles. The molecule has 4 nitrogen and oxygen atoms in total. The van der Waals surface area contributed by atoms with Crippen molar-refractivity contribution in [3.63, 3.8) is 0 Å². The van der Waals surface area contributed by atoms with Gasteiger partial charge in [0.2, 0.25) is 5.91 Å². The number of thioether (sulfide) groups is 1. The highest BCUT2D eigenvalue weighted by atomic mass is 79.9. The highest BCUT2D eigenvalue weighted by Gasteiger charge is 2.10. The number of hydrogen-bond donors (Lipinski definition) is 1. The number of benzene rings is 2. The first kappa shape index (κ1) is 17.8. The largest absolute Gasteiger partial charge is 0.431 e. The fourth-order valence-corrected chi connectivity index (χ4v) is 3.25. The zero-order chi connectivity index (χ0) is 17.6. The number of aryl methyl sites for hydroxylation is 1. The maximum atomic E-state index is 12.1. The maximum Gasteiger partial charge on any atom is 0.256 e. The smallest absolute Gasteiger partial charge is 0.256 e. The number of nitrogens with zero attached hydrogens (tertiary/aromatic N) is 1. The van der Waals surface area contributed by atoms with Crippen molar-refractivity contribution in [3.05, 3.63) is 64.8 Å². The van der Waals surface area contributed by atoms with Crippen LogP contribution in [0.5, 0.6) is 0 Å². The molecule has 0 atom stereocenters. The number of amides is 1. The van der Waals surface area contributed by atoms with Gasteiger partial charge in [-0.2, -0.15) is 0 Å². The van der Waals surface area contributed by atoms with E-state index in [-0.39, 0.29) is 11.7 Å². The predicted octanol–water partition coefficient (Wildman–Crippen LogP) is 5.40. The second-order valence-electron chi connectivity index (χ2n) is 5.39. The van der Waals surface area contributed by atoms with E-state index in [4.69, 9.17) is 4.42 Å². The maximum absolute atomic E-state index is 12.1. The number of carbonyl (C=O) groups excluding carboxylic acids is 1. The van der Waals surface area contributed by atoms with Gasteiger partial charge >= 0.3 is 0 Å². The van der Waals surface area contributed by atoms with Crippen molar-refractivity contribution < 1.29 is 9.21 Å². The topological polar surface area (TPSA) is 55.1 Å². The third-order valence-corrected chi connectivity index (χ3v) is 4.90. The number of anilines is 1. The number of aromatic nitrogens is 1. The minimum Gasteiger partial charge on any atom is -0.431 e. The van der Waals surface area contributed by atoms with Crippen molar-refractivity contribution in [2.75, 3.05) is 11.1 Å². The van der Waals surface area contributed by atoms with E-state index >= 15 is 0 Å². The average Bonchev–Trinajstić information content (AvgIpc) is 3.10. The molecule has 0 unspecified atom stereocenters. The first-order valence-corrected chi connectivity index (χ1v) is 9.65. The summed E-state index contributed by atoms with van der Waals surface area (Å²) >= 11 is 4.71. The Morgan fingerprint density at radius 1 is 1.24 bits per heavy atom. The van der Waals surface area contributed by atoms with Crippen LogP contribution in [0.2, 0.25) is 0 Å². The summed E-state index contributed by atoms with van der Waals surface area (Å²) in [5, 5.41) is 3.35. The Morgan fingerprint density at radius 3 is 2.76 bits per heavy atom. The fourth-order valence-electron chi connectivity index (χ4n) is 2.25. The molecule has 0 bridgehead atoms. The molecule has 2 aromatic carbocycles. The van der Waals surface area contributed by atoms with Crippen LogP contribution in [0.15, 0.2) is 68.8 Å². The van der Waals surface area contributed by atoms with Gasteiger partial charge in [-0.3, -0.25) is 4.79 Å². The van der Waals surface area contributed by atoms with E-state index < -0.39 is 0 Å². The summed E-state index contributed by atoms with van der Waals surface area (Å²) < 4.78 is 6.68. The normalized spacial score (nSPS) is 10.6. The number of nitrogens with one attached hydrogen (secondary N) is 1. The van der Waals surface area contributed by atoms with Crippen LogP contribution in [0.25, 0.3) is 11.3 Å². The fraction of sp³-hybridized carbons (Fsp3) is 0.158. The van der Waals surface area contributed by atoms with Crippen molar-refractivity contribution in [1.29, 1.82) is 0 Å². The molecule has 6 heteroatoms. The summed E-state index contributed by atoms with van der Waals surface area (Å²) in [4.78, 5) is 16.3. The molecule has 128 valence electrons. The predicted molar refractivity (Wildman–Crippen MR) is 105 cm³/mol. The summed E-state index contributed by atoms with van der Waals surface area (Å²) in [6.45, 7) is 2.10. The summed E-state index contributed by atoms with van der Waals surface area (Å²) in [5.41, 5.74) is 2.98. The second kappa shape index (κ2) is 8.36. The second-order valence-corrected chi connectivity index (χ2v) is 7.23. The SMILES string of the molecule is CCc1ccc(NC(=O)CSc2ncc(-c3cccc(Br)c3)o2)cc1. The standard InChI is InChI=1S/C19H17BrN2O2S/c1-2-13-6-8-16(9-7-13)22-18(23)12-25-19-21-11-17(24-19)14-4-3-5-15(20)10-14/h3-11H,2,12H2,1H3,(H,22,23). The van der Waals surface area contributed by atoms with Crippen LogP contribution >= 0.6 is 27.7 Å². The van der Waals surface area contributed by atoms with E-state index in [0.717, 1.165) is 22.1 Å². The third-order valence-electron chi connectivity index (χ3n) is 3.57. The van der Waals surface area contributed by atoms with Gasteiger partial charge in [-0.05, 0) is 36.2 Å². The van der Waals surface area contributed by atoms with Crippen LogP contribution in [-0.4, -0.2) is 16.6 Å². The summed E-state index contributed by atoms with van der Waals surface area (Å²) in [6.07, 6.45) is 2.65. The number of hydrogen-bond acceptors (Lipinski definition) is 4. The molecule has 0 spiro atoms. The van der Waals surface area contributed by atoms with Crippen LogP contribution in [0.3, 0.4) is 0 Å². The lowest BCUT2D eigenvalue weighted by atomic mass is 10.1. The van der Waals surface area contributed by atoms with Crippen molar-refractivity contribution in [2.24, 2.45) is 0 Å². The first-order valence-electron chi connectivity index (χ1n) is 7.87. The summed E-state index contributed by atoms with van der Waals surface area (Å²) in [7, 11) is 0. The number of carbonyl (C=O) groups is 1. The Balaban J connectivity index is 1.55. The number of oxazole rings is 1. The van der Waals surface area contributed by atoms with Gasteiger partial charge in [-0.25, -0.2) is 4.98 Å². The van der Waals surface area contributed by atoms with E-state index in [1.807, 2.05) is 48.5 Å². The highest BCUT2D eigenvalue weighted by Crippen LogP contribution is 2.27. The molecular formula is C19H17BrN2O2S. The summed E-state index contributed by atoms with van der Waals surface area (Å²) in [5.74, 6) is 0.837. The molecule has 0 aliphatic carbocycles. The third kappa shape index (κ3) is 4.96. The molecule has 1 heterocycles. The molecule has 3 aromatic rings. The lowest BCUT2D eigenvalue weighted by molar-refractivity contribution is -0.113. The zero-order valence-corrected chi connectivity index (χ0v) is 16.1. The molecule has 3 rings (SSSR count). The minimum atomic E-state index is -0.0866. The van der Waals surface area contributed by atoms with E-state index in [1.54, 1.807) is 6.20 Å². The molecule has 0 fully saturated rings. The number of halogens is 1. The van der Waals surface area contributed by atoms with Crippen LogP contribution in [0.4, 0.5) is 5.69 Å². The van der Waals surface area contributed by atoms with Crippen molar-refractivity contribution in [3.8, 4) is 11.3 Å². The van der Waals surface area contributed by atoms with E-state index in [9.17, 15) is 4.79 Å². The Labute approximate surface area is 159 Å². The lowest BCUT2D eigenvalue weighted by Crippen LogP contribution is -2.13. The molecule has 25 heavy (non-hydrogen) atoms. The van der Waals surface area contributed by atoms with E-state index in [1.165, 1.54) is 17.3 Å². The average molecular weight is 417 g/mol. The first-order chi connectivity index (χ1) is 12.1. The number of rotatable bonds is 6. The lowest BCUT2D eigenvalue weighted by Gasteiger charge is -2.05.